The monoisotopic (exact) mass is 477 g/mol. The number of ether oxygens (including phenoxy) is 2. The fourth-order valence-corrected chi connectivity index (χ4v) is 4.29. The standard InChI is InChI=1S/C26H31N5O4/c1-16(2)25-29-24(35-30-25)14-31-12-21(13-31)34-20-5-7-23(27-11-20)18-4-6-22(17(3)10-18)26(32)28-19-8-9-33-15-19/h4-7,10-11,16,19,21H,8-9,12-15H2,1-3H3,(H,28,32)/t19-/m1/s1. The molecule has 1 atom stereocenters. The van der Waals surface area contributed by atoms with Gasteiger partial charge in [0.25, 0.3) is 5.91 Å². The Bertz CT molecular complexity index is 1160. The van der Waals surface area contributed by atoms with Crippen LogP contribution in [-0.4, -0.2) is 64.4 Å². The fraction of sp³-hybridized carbons (Fsp3) is 0.462. The number of rotatable bonds is 8. The SMILES string of the molecule is Cc1cc(-c2ccc(OC3CN(Cc4nc(C(C)C)no4)C3)cn2)ccc1C(=O)N[C@@H]1CCOC1. The van der Waals surface area contributed by atoms with Crippen LogP contribution >= 0.6 is 0 Å². The first-order chi connectivity index (χ1) is 16.9. The number of nitrogens with one attached hydrogen (secondary N) is 1. The van der Waals surface area contributed by atoms with E-state index in [0.29, 0.717) is 31.2 Å². The number of aromatic nitrogens is 3. The zero-order valence-corrected chi connectivity index (χ0v) is 20.4. The summed E-state index contributed by atoms with van der Waals surface area (Å²) >= 11 is 0. The minimum atomic E-state index is -0.0600. The Balaban J connectivity index is 1.13. The molecule has 2 aliphatic rings. The summed E-state index contributed by atoms with van der Waals surface area (Å²) in [6.07, 6.45) is 2.72. The summed E-state index contributed by atoms with van der Waals surface area (Å²) in [7, 11) is 0. The summed E-state index contributed by atoms with van der Waals surface area (Å²) in [6.45, 7) is 9.56. The molecule has 2 aromatic heterocycles. The highest BCUT2D eigenvalue weighted by Gasteiger charge is 2.30. The first kappa shape index (κ1) is 23.4. The minimum Gasteiger partial charge on any atom is -0.486 e. The third-order valence-electron chi connectivity index (χ3n) is 6.35. The lowest BCUT2D eigenvalue weighted by atomic mass is 10.0. The van der Waals surface area contributed by atoms with E-state index in [4.69, 9.17) is 14.0 Å². The van der Waals surface area contributed by atoms with Gasteiger partial charge in [-0.1, -0.05) is 25.1 Å². The van der Waals surface area contributed by atoms with Crippen molar-refractivity contribution in [3.05, 3.63) is 59.4 Å². The number of amides is 1. The lowest BCUT2D eigenvalue weighted by Gasteiger charge is -2.37. The Kier molecular flexibility index (Phi) is 6.79. The van der Waals surface area contributed by atoms with Crippen LogP contribution in [0.25, 0.3) is 11.3 Å². The van der Waals surface area contributed by atoms with Crippen molar-refractivity contribution in [2.24, 2.45) is 0 Å². The molecular formula is C26H31N5O4. The molecule has 184 valence electrons. The van der Waals surface area contributed by atoms with Crippen molar-refractivity contribution in [1.29, 1.82) is 0 Å². The topological polar surface area (TPSA) is 103 Å². The maximum atomic E-state index is 12.6. The number of likely N-dealkylation sites (tertiary alicyclic amines) is 1. The Hall–Kier alpha value is -3.30. The first-order valence-corrected chi connectivity index (χ1v) is 12.1. The molecule has 2 saturated heterocycles. The molecule has 2 aliphatic heterocycles. The fourth-order valence-electron chi connectivity index (χ4n) is 4.29. The van der Waals surface area contributed by atoms with Gasteiger partial charge in [0, 0.05) is 36.7 Å². The number of aryl methyl sites for hydroxylation is 1. The molecule has 0 radical (unpaired) electrons. The van der Waals surface area contributed by atoms with Gasteiger partial charge in [-0.2, -0.15) is 4.98 Å². The quantitative estimate of drug-likeness (QED) is 0.527. The van der Waals surface area contributed by atoms with E-state index in [1.54, 1.807) is 6.20 Å². The normalized spacial score (nSPS) is 18.6. The second kappa shape index (κ2) is 10.1. The average molecular weight is 478 g/mol. The van der Waals surface area contributed by atoms with Gasteiger partial charge >= 0.3 is 0 Å². The molecule has 0 aliphatic carbocycles. The third kappa shape index (κ3) is 5.52. The van der Waals surface area contributed by atoms with Crippen LogP contribution in [0, 0.1) is 6.92 Å². The molecule has 9 nitrogen and oxygen atoms in total. The van der Waals surface area contributed by atoms with Gasteiger partial charge in [0.1, 0.15) is 11.9 Å². The summed E-state index contributed by atoms with van der Waals surface area (Å²) in [6, 6.07) is 9.76. The van der Waals surface area contributed by atoms with E-state index in [1.165, 1.54) is 0 Å². The first-order valence-electron chi connectivity index (χ1n) is 12.1. The number of benzene rings is 1. The van der Waals surface area contributed by atoms with Crippen LogP contribution in [0.2, 0.25) is 0 Å². The van der Waals surface area contributed by atoms with Crippen molar-refractivity contribution in [2.45, 2.75) is 51.8 Å². The molecule has 0 unspecified atom stereocenters. The molecule has 5 rings (SSSR count). The smallest absolute Gasteiger partial charge is 0.251 e. The average Bonchev–Trinajstić information content (AvgIpc) is 3.50. The summed E-state index contributed by atoms with van der Waals surface area (Å²) < 4.78 is 16.7. The van der Waals surface area contributed by atoms with Crippen LogP contribution in [0.15, 0.2) is 41.1 Å². The molecule has 35 heavy (non-hydrogen) atoms. The highest BCUT2D eigenvalue weighted by atomic mass is 16.5. The van der Waals surface area contributed by atoms with Crippen molar-refractivity contribution in [2.75, 3.05) is 26.3 Å². The van der Waals surface area contributed by atoms with Crippen molar-refractivity contribution >= 4 is 5.91 Å². The largest absolute Gasteiger partial charge is 0.486 e. The maximum absolute atomic E-state index is 12.6. The van der Waals surface area contributed by atoms with Crippen LogP contribution < -0.4 is 10.1 Å². The van der Waals surface area contributed by atoms with Gasteiger partial charge in [-0.15, -0.1) is 0 Å². The molecule has 4 heterocycles. The van der Waals surface area contributed by atoms with E-state index in [9.17, 15) is 4.79 Å². The van der Waals surface area contributed by atoms with Crippen molar-refractivity contribution in [3.8, 4) is 17.0 Å². The number of carbonyl (C=O) groups is 1. The van der Waals surface area contributed by atoms with E-state index in [1.807, 2.05) is 51.1 Å². The predicted octanol–water partition coefficient (Wildman–Crippen LogP) is 3.35. The number of carbonyl (C=O) groups excluding carboxylic acids is 1. The molecule has 3 aromatic rings. The summed E-state index contributed by atoms with van der Waals surface area (Å²) in [5.74, 6) is 2.32. The lowest BCUT2D eigenvalue weighted by molar-refractivity contribution is 0.00844. The molecule has 1 amide bonds. The van der Waals surface area contributed by atoms with E-state index in [-0.39, 0.29) is 24.0 Å². The highest BCUT2D eigenvalue weighted by molar-refractivity contribution is 5.96. The van der Waals surface area contributed by atoms with E-state index < -0.39 is 0 Å². The second-order valence-corrected chi connectivity index (χ2v) is 9.58. The Labute approximate surface area is 204 Å². The van der Waals surface area contributed by atoms with Crippen LogP contribution in [-0.2, 0) is 11.3 Å². The highest BCUT2D eigenvalue weighted by Crippen LogP contribution is 2.25. The molecule has 0 spiro atoms. The molecule has 1 aromatic carbocycles. The van der Waals surface area contributed by atoms with Gasteiger partial charge in [-0.25, -0.2) is 0 Å². The summed E-state index contributed by atoms with van der Waals surface area (Å²) in [4.78, 5) is 23.8. The van der Waals surface area contributed by atoms with Crippen LogP contribution in [0.4, 0.5) is 0 Å². The van der Waals surface area contributed by atoms with Gasteiger partial charge in [-0.05, 0) is 43.2 Å². The lowest BCUT2D eigenvalue weighted by Crippen LogP contribution is -2.53. The second-order valence-electron chi connectivity index (χ2n) is 9.58. The Morgan fingerprint density at radius 2 is 2.11 bits per heavy atom. The predicted molar refractivity (Wildman–Crippen MR) is 129 cm³/mol. The molecule has 1 N–H and O–H groups in total. The summed E-state index contributed by atoms with van der Waals surface area (Å²) in [5.41, 5.74) is 3.39. The van der Waals surface area contributed by atoms with Gasteiger partial charge in [0.05, 0.1) is 31.1 Å². The van der Waals surface area contributed by atoms with E-state index in [0.717, 1.165) is 47.9 Å². The molecule has 2 fully saturated rings. The molecular weight excluding hydrogens is 446 g/mol. The zero-order chi connectivity index (χ0) is 24.4. The van der Waals surface area contributed by atoms with Crippen LogP contribution in [0.1, 0.15) is 53.8 Å². The van der Waals surface area contributed by atoms with Crippen molar-refractivity contribution < 1.29 is 18.8 Å². The van der Waals surface area contributed by atoms with E-state index >= 15 is 0 Å². The van der Waals surface area contributed by atoms with Gasteiger partial charge in [-0.3, -0.25) is 14.7 Å². The van der Waals surface area contributed by atoms with Crippen LogP contribution in [0.3, 0.4) is 0 Å². The number of hydrogen-bond donors (Lipinski definition) is 1. The minimum absolute atomic E-state index is 0.0600. The molecule has 0 saturated carbocycles. The Morgan fingerprint density at radius 3 is 2.77 bits per heavy atom. The van der Waals surface area contributed by atoms with Gasteiger partial charge in [0.2, 0.25) is 5.89 Å². The van der Waals surface area contributed by atoms with Crippen LogP contribution in [0.5, 0.6) is 5.75 Å². The van der Waals surface area contributed by atoms with Crippen molar-refractivity contribution in [1.82, 2.24) is 25.3 Å². The van der Waals surface area contributed by atoms with Gasteiger partial charge < -0.3 is 19.3 Å². The van der Waals surface area contributed by atoms with Crippen molar-refractivity contribution in [3.63, 3.8) is 0 Å². The number of hydrogen-bond acceptors (Lipinski definition) is 8. The molecule has 0 bridgehead atoms. The third-order valence-corrected chi connectivity index (χ3v) is 6.35. The zero-order valence-electron chi connectivity index (χ0n) is 20.4. The number of nitrogens with zero attached hydrogens (tertiary/aromatic N) is 4. The molecule has 9 heteroatoms. The summed E-state index contributed by atoms with van der Waals surface area (Å²) in [5, 5.41) is 7.05. The Morgan fingerprint density at radius 1 is 1.26 bits per heavy atom. The number of pyridine rings is 1. The van der Waals surface area contributed by atoms with Gasteiger partial charge in [0.15, 0.2) is 5.82 Å². The van der Waals surface area contributed by atoms with E-state index in [2.05, 4.69) is 25.3 Å². The maximum Gasteiger partial charge on any atom is 0.251 e.